The van der Waals surface area contributed by atoms with Gasteiger partial charge in [-0.3, -0.25) is 0 Å². The third-order valence-corrected chi connectivity index (χ3v) is 3.09. The minimum Gasteiger partial charge on any atom is -0.480 e. The van der Waals surface area contributed by atoms with E-state index in [1.54, 1.807) is 18.3 Å². The molecule has 2 rings (SSSR count). The number of anilines is 1. The molecule has 2 atom stereocenters. The Hall–Kier alpha value is -1.82. The lowest BCUT2D eigenvalue weighted by molar-refractivity contribution is 0.0868. The van der Waals surface area contributed by atoms with Gasteiger partial charge in [-0.05, 0) is 31.9 Å². The average Bonchev–Trinajstić information content (AvgIpc) is 2.93. The van der Waals surface area contributed by atoms with E-state index in [9.17, 15) is 4.79 Å². The number of rotatable bonds is 4. The Labute approximate surface area is 112 Å². The first-order chi connectivity index (χ1) is 9.20. The number of urea groups is 1. The van der Waals surface area contributed by atoms with Crippen molar-refractivity contribution in [3.05, 3.63) is 18.3 Å². The van der Waals surface area contributed by atoms with Crippen molar-refractivity contribution in [1.29, 1.82) is 0 Å². The van der Waals surface area contributed by atoms with Gasteiger partial charge in [0.25, 0.3) is 0 Å². The predicted molar refractivity (Wildman–Crippen MR) is 71.4 cm³/mol. The van der Waals surface area contributed by atoms with E-state index in [1.165, 1.54) is 7.11 Å². The topological polar surface area (TPSA) is 72.5 Å². The van der Waals surface area contributed by atoms with Gasteiger partial charge in [0.1, 0.15) is 5.69 Å². The summed E-state index contributed by atoms with van der Waals surface area (Å²) < 4.78 is 10.6. The highest BCUT2D eigenvalue weighted by molar-refractivity contribution is 5.90. The maximum absolute atomic E-state index is 11.9. The van der Waals surface area contributed by atoms with Gasteiger partial charge in [0.2, 0.25) is 5.88 Å². The number of carbonyl (C=O) groups excluding carboxylic acids is 1. The zero-order valence-electron chi connectivity index (χ0n) is 11.2. The SMILES string of the molecule is COc1ncccc1NC(=O)N[C@H](C)[C@H]1CCCO1. The average molecular weight is 265 g/mol. The Morgan fingerprint density at radius 1 is 1.63 bits per heavy atom. The lowest BCUT2D eigenvalue weighted by atomic mass is 10.1. The molecule has 1 aliphatic heterocycles. The molecular formula is C13H19N3O3. The first-order valence-electron chi connectivity index (χ1n) is 6.39. The Kier molecular flexibility index (Phi) is 4.57. The fourth-order valence-corrected chi connectivity index (χ4v) is 2.10. The molecule has 6 heteroatoms. The molecule has 6 nitrogen and oxygen atoms in total. The fourth-order valence-electron chi connectivity index (χ4n) is 2.10. The highest BCUT2D eigenvalue weighted by atomic mass is 16.5. The lowest BCUT2D eigenvalue weighted by Gasteiger charge is -2.20. The number of nitrogens with one attached hydrogen (secondary N) is 2. The molecule has 2 amide bonds. The van der Waals surface area contributed by atoms with Crippen LogP contribution in [-0.4, -0.2) is 36.9 Å². The molecule has 0 saturated carbocycles. The van der Waals surface area contributed by atoms with Gasteiger partial charge in [-0.2, -0.15) is 0 Å². The minimum atomic E-state index is -0.283. The highest BCUT2D eigenvalue weighted by Crippen LogP contribution is 2.20. The summed E-state index contributed by atoms with van der Waals surface area (Å²) in [4.78, 5) is 15.9. The second kappa shape index (κ2) is 6.38. The Balaban J connectivity index is 1.89. The summed E-state index contributed by atoms with van der Waals surface area (Å²) in [6, 6.07) is 3.17. The van der Waals surface area contributed by atoms with E-state index in [0.717, 1.165) is 19.4 Å². The van der Waals surface area contributed by atoms with Gasteiger partial charge in [-0.1, -0.05) is 0 Å². The van der Waals surface area contributed by atoms with Crippen molar-refractivity contribution in [3.8, 4) is 5.88 Å². The largest absolute Gasteiger partial charge is 0.480 e. The molecule has 1 aliphatic rings. The van der Waals surface area contributed by atoms with Crippen molar-refractivity contribution >= 4 is 11.7 Å². The molecule has 0 unspecified atom stereocenters. The number of carbonyl (C=O) groups is 1. The molecule has 2 N–H and O–H groups in total. The monoisotopic (exact) mass is 265 g/mol. The van der Waals surface area contributed by atoms with E-state index < -0.39 is 0 Å². The van der Waals surface area contributed by atoms with Crippen LogP contribution in [0.4, 0.5) is 10.5 Å². The standard InChI is InChI=1S/C13H19N3O3/c1-9(11-6-4-8-19-11)15-13(17)16-10-5-3-7-14-12(10)18-2/h3,5,7,9,11H,4,6,8H2,1-2H3,(H2,15,16,17)/t9-,11-/m1/s1. The molecule has 1 saturated heterocycles. The normalized spacial score (nSPS) is 19.8. The summed E-state index contributed by atoms with van der Waals surface area (Å²) in [7, 11) is 1.51. The fraction of sp³-hybridized carbons (Fsp3) is 0.538. The molecule has 1 aromatic heterocycles. The molecule has 0 aliphatic carbocycles. The number of hydrogen-bond donors (Lipinski definition) is 2. The van der Waals surface area contributed by atoms with E-state index in [2.05, 4.69) is 15.6 Å². The number of hydrogen-bond acceptors (Lipinski definition) is 4. The summed E-state index contributed by atoms with van der Waals surface area (Å²) >= 11 is 0. The van der Waals surface area contributed by atoms with E-state index in [4.69, 9.17) is 9.47 Å². The van der Waals surface area contributed by atoms with Crippen molar-refractivity contribution in [3.63, 3.8) is 0 Å². The van der Waals surface area contributed by atoms with Crippen molar-refractivity contribution in [1.82, 2.24) is 10.3 Å². The van der Waals surface area contributed by atoms with Crippen LogP contribution in [-0.2, 0) is 4.74 Å². The quantitative estimate of drug-likeness (QED) is 0.870. The van der Waals surface area contributed by atoms with Gasteiger partial charge in [0, 0.05) is 12.8 Å². The van der Waals surface area contributed by atoms with Crippen LogP contribution >= 0.6 is 0 Å². The van der Waals surface area contributed by atoms with Crippen molar-refractivity contribution in [2.75, 3.05) is 19.0 Å². The minimum absolute atomic E-state index is 0.0230. The highest BCUT2D eigenvalue weighted by Gasteiger charge is 2.23. The Bertz CT molecular complexity index is 433. The van der Waals surface area contributed by atoms with Crippen molar-refractivity contribution in [2.45, 2.75) is 31.9 Å². The maximum Gasteiger partial charge on any atom is 0.319 e. The first kappa shape index (κ1) is 13.6. The molecule has 0 bridgehead atoms. The molecule has 1 aromatic rings. The summed E-state index contributed by atoms with van der Waals surface area (Å²) in [6.07, 6.45) is 3.74. The van der Waals surface area contributed by atoms with Crippen LogP contribution in [0.5, 0.6) is 5.88 Å². The van der Waals surface area contributed by atoms with Crippen LogP contribution in [0.2, 0.25) is 0 Å². The molecule has 0 spiro atoms. The second-order valence-corrected chi connectivity index (χ2v) is 4.50. The maximum atomic E-state index is 11.9. The molecule has 1 fully saturated rings. The molecule has 0 aromatic carbocycles. The van der Waals surface area contributed by atoms with E-state index in [1.807, 2.05) is 6.92 Å². The molecule has 104 valence electrons. The third kappa shape index (κ3) is 3.57. The smallest absolute Gasteiger partial charge is 0.319 e. The van der Waals surface area contributed by atoms with Gasteiger partial charge in [-0.25, -0.2) is 9.78 Å². The van der Waals surface area contributed by atoms with Gasteiger partial charge < -0.3 is 20.1 Å². The van der Waals surface area contributed by atoms with Crippen LogP contribution in [0, 0.1) is 0 Å². The van der Waals surface area contributed by atoms with Crippen molar-refractivity contribution in [2.24, 2.45) is 0 Å². The predicted octanol–water partition coefficient (Wildman–Crippen LogP) is 1.78. The van der Waals surface area contributed by atoms with Crippen LogP contribution in [0.3, 0.4) is 0 Å². The van der Waals surface area contributed by atoms with E-state index in [0.29, 0.717) is 11.6 Å². The van der Waals surface area contributed by atoms with Crippen LogP contribution in [0.15, 0.2) is 18.3 Å². The summed E-state index contributed by atoms with van der Waals surface area (Å²) in [5.74, 6) is 0.391. The number of ether oxygens (including phenoxy) is 2. The van der Waals surface area contributed by atoms with Gasteiger partial charge >= 0.3 is 6.03 Å². The molecule has 19 heavy (non-hydrogen) atoms. The second-order valence-electron chi connectivity index (χ2n) is 4.50. The molecule has 2 heterocycles. The van der Waals surface area contributed by atoms with Gasteiger partial charge in [0.05, 0.1) is 19.3 Å². The van der Waals surface area contributed by atoms with Crippen LogP contribution in [0.25, 0.3) is 0 Å². The van der Waals surface area contributed by atoms with Gasteiger partial charge in [0.15, 0.2) is 0 Å². The Morgan fingerprint density at radius 2 is 2.47 bits per heavy atom. The third-order valence-electron chi connectivity index (χ3n) is 3.09. The van der Waals surface area contributed by atoms with Crippen LogP contribution in [0.1, 0.15) is 19.8 Å². The summed E-state index contributed by atoms with van der Waals surface area (Å²) in [6.45, 7) is 2.71. The van der Waals surface area contributed by atoms with Crippen LogP contribution < -0.4 is 15.4 Å². The van der Waals surface area contributed by atoms with E-state index in [-0.39, 0.29) is 18.2 Å². The number of amides is 2. The van der Waals surface area contributed by atoms with Gasteiger partial charge in [-0.15, -0.1) is 0 Å². The Morgan fingerprint density at radius 3 is 3.16 bits per heavy atom. The number of aromatic nitrogens is 1. The summed E-state index contributed by atoms with van der Waals surface area (Å²) in [5, 5.41) is 5.59. The number of pyridine rings is 1. The van der Waals surface area contributed by atoms with Crippen molar-refractivity contribution < 1.29 is 14.3 Å². The first-order valence-corrected chi connectivity index (χ1v) is 6.39. The number of nitrogens with zero attached hydrogens (tertiary/aromatic N) is 1. The number of methoxy groups -OCH3 is 1. The molecule has 0 radical (unpaired) electrons. The molecular weight excluding hydrogens is 246 g/mol. The van der Waals surface area contributed by atoms with E-state index >= 15 is 0 Å². The zero-order valence-corrected chi connectivity index (χ0v) is 11.2. The zero-order chi connectivity index (χ0) is 13.7. The summed E-state index contributed by atoms with van der Waals surface area (Å²) in [5.41, 5.74) is 0.544. The lowest BCUT2D eigenvalue weighted by Crippen LogP contribution is -2.43.